The zero-order chi connectivity index (χ0) is 35.1. The van der Waals surface area contributed by atoms with Gasteiger partial charge in [-0.25, -0.2) is 0 Å². The summed E-state index contributed by atoms with van der Waals surface area (Å²) in [6.45, 7) is 0. The number of hydrogen-bond donors (Lipinski definition) is 0. The van der Waals surface area contributed by atoms with E-state index in [0.717, 1.165) is 12.8 Å². The molecule has 2 heteroatoms. The van der Waals surface area contributed by atoms with Gasteiger partial charge in [-0.1, -0.05) is 121 Å². The van der Waals surface area contributed by atoms with Gasteiger partial charge in [0.05, 0.1) is 33.4 Å². The van der Waals surface area contributed by atoms with E-state index in [4.69, 9.17) is 0 Å². The van der Waals surface area contributed by atoms with Crippen molar-refractivity contribution in [2.24, 2.45) is 0 Å². The zero-order valence-corrected chi connectivity index (χ0v) is 29.5. The Labute approximate surface area is 312 Å². The first-order valence-corrected chi connectivity index (χ1v) is 19.1. The van der Waals surface area contributed by atoms with Gasteiger partial charge in [-0.3, -0.25) is 0 Å². The lowest BCUT2D eigenvalue weighted by molar-refractivity contribution is 1.06. The summed E-state index contributed by atoms with van der Waals surface area (Å²) in [6.07, 6.45) is 6.90. The number of allylic oxidation sites excluding steroid dienone is 4. The molecule has 0 unspecified atom stereocenters. The van der Waals surface area contributed by atoms with Gasteiger partial charge in [-0.2, -0.15) is 0 Å². The minimum atomic E-state index is 1.11. The van der Waals surface area contributed by atoms with Gasteiger partial charge in [0, 0.05) is 38.1 Å². The highest BCUT2D eigenvalue weighted by atomic mass is 15.0. The fourth-order valence-corrected chi connectivity index (χ4v) is 10.2. The topological polar surface area (TPSA) is 9.86 Å². The molecule has 0 radical (unpaired) electrons. The lowest BCUT2D eigenvalue weighted by Gasteiger charge is -2.14. The number of rotatable bonds is 2. The van der Waals surface area contributed by atoms with E-state index in [0.29, 0.717) is 0 Å². The quantitative estimate of drug-likeness (QED) is 0.172. The zero-order valence-electron chi connectivity index (χ0n) is 29.5. The highest BCUT2D eigenvalue weighted by Gasteiger charge is 2.27. The van der Waals surface area contributed by atoms with Crippen molar-refractivity contribution in [2.45, 2.75) is 12.8 Å². The van der Waals surface area contributed by atoms with Crippen LogP contribution in [-0.2, 0) is 0 Å². The van der Waals surface area contributed by atoms with E-state index >= 15 is 0 Å². The maximum atomic E-state index is 2.50. The van der Waals surface area contributed by atoms with Crippen molar-refractivity contribution in [3.8, 4) is 44.8 Å². The Kier molecular flexibility index (Phi) is 5.50. The van der Waals surface area contributed by atoms with E-state index in [-0.39, 0.29) is 0 Å². The summed E-state index contributed by atoms with van der Waals surface area (Å²) >= 11 is 0. The van der Waals surface area contributed by atoms with E-state index in [9.17, 15) is 0 Å². The Hall–Kier alpha value is -6.90. The van der Waals surface area contributed by atoms with Crippen LogP contribution < -0.4 is 0 Å². The van der Waals surface area contributed by atoms with Crippen LogP contribution in [0.25, 0.3) is 110 Å². The first-order valence-electron chi connectivity index (χ1n) is 19.1. The normalized spacial score (nSPS) is 14.0. The number of para-hydroxylation sites is 3. The van der Waals surface area contributed by atoms with Crippen LogP contribution in [0, 0.1) is 0 Å². The van der Waals surface area contributed by atoms with Crippen LogP contribution in [0.2, 0.25) is 0 Å². The molecule has 8 aromatic carbocycles. The Bertz CT molecular complexity index is 3380. The van der Waals surface area contributed by atoms with Gasteiger partial charge in [0.25, 0.3) is 0 Å². The number of aromatic nitrogens is 2. The molecule has 10 aromatic rings. The van der Waals surface area contributed by atoms with E-state index in [1.165, 1.54) is 121 Å². The highest BCUT2D eigenvalue weighted by Crippen LogP contribution is 2.50. The van der Waals surface area contributed by atoms with E-state index in [2.05, 4.69) is 179 Å². The summed E-state index contributed by atoms with van der Waals surface area (Å²) in [5.74, 6) is 0. The first-order chi connectivity index (χ1) is 26.8. The molecule has 54 heavy (non-hydrogen) atoms. The summed E-state index contributed by atoms with van der Waals surface area (Å²) in [4.78, 5) is 0. The second-order valence-electron chi connectivity index (χ2n) is 15.1. The van der Waals surface area contributed by atoms with Crippen molar-refractivity contribution in [3.05, 3.63) is 181 Å². The average molecular weight is 685 g/mol. The molecule has 3 heterocycles. The van der Waals surface area contributed by atoms with Gasteiger partial charge in [0.15, 0.2) is 0 Å². The number of benzene rings is 8. The molecule has 0 saturated heterocycles. The molecule has 2 aliphatic carbocycles. The van der Waals surface area contributed by atoms with Crippen LogP contribution in [0.3, 0.4) is 0 Å². The highest BCUT2D eigenvalue weighted by molar-refractivity contribution is 6.20. The van der Waals surface area contributed by atoms with Crippen molar-refractivity contribution in [1.29, 1.82) is 0 Å². The van der Waals surface area contributed by atoms with Crippen molar-refractivity contribution in [3.63, 3.8) is 0 Å². The summed E-state index contributed by atoms with van der Waals surface area (Å²) in [6, 6.07) is 59.3. The summed E-state index contributed by atoms with van der Waals surface area (Å²) in [7, 11) is 0. The summed E-state index contributed by atoms with van der Waals surface area (Å²) < 4.78 is 5.00. The van der Waals surface area contributed by atoms with Crippen LogP contribution in [0.15, 0.2) is 170 Å². The molecular weight excluding hydrogens is 653 g/mol. The number of fused-ring (bicyclic) bond motifs is 13. The minimum Gasteiger partial charge on any atom is -0.309 e. The molecule has 0 saturated carbocycles. The van der Waals surface area contributed by atoms with Crippen molar-refractivity contribution >= 4 is 65.5 Å². The second kappa shape index (κ2) is 10.4. The Balaban J connectivity index is 1.07. The maximum Gasteiger partial charge on any atom is 0.0620 e. The lowest BCUT2D eigenvalue weighted by Crippen LogP contribution is -1.96. The molecule has 0 bridgehead atoms. The molecule has 0 amide bonds. The van der Waals surface area contributed by atoms with Gasteiger partial charge in [-0.05, 0) is 111 Å². The van der Waals surface area contributed by atoms with Gasteiger partial charge < -0.3 is 9.13 Å². The largest absolute Gasteiger partial charge is 0.309 e. The van der Waals surface area contributed by atoms with E-state index < -0.39 is 0 Å². The third-order valence-electron chi connectivity index (χ3n) is 12.5. The molecule has 250 valence electrons. The molecule has 13 rings (SSSR count). The standard InChI is InChI=1S/C52H32N2/c1-4-15-36-33(12-1)37-16-5-9-22-47(37)54-48-23-10-7-18-39(48)45-30-32(29-44(36)52(45)54)31-24-26-50-43(28-31)38-17-6-8-21-46(38)53(50)49-27-25-41-35-14-3-2-13-34(35)40-19-11-20-42(49)51(40)41/h1,3-12,14-30H,2,13H2. The fourth-order valence-electron chi connectivity index (χ4n) is 10.2. The summed E-state index contributed by atoms with van der Waals surface area (Å²) in [5.41, 5.74) is 20.7. The van der Waals surface area contributed by atoms with Crippen LogP contribution >= 0.6 is 0 Å². The third kappa shape index (κ3) is 3.60. The van der Waals surface area contributed by atoms with Crippen molar-refractivity contribution < 1.29 is 0 Å². The van der Waals surface area contributed by atoms with Gasteiger partial charge in [-0.15, -0.1) is 0 Å². The molecule has 3 aliphatic rings. The molecule has 1 aliphatic heterocycles. The molecule has 0 N–H and O–H groups in total. The minimum absolute atomic E-state index is 1.11. The Morgan fingerprint density at radius 2 is 1.06 bits per heavy atom. The number of nitrogens with zero attached hydrogens (tertiary/aromatic N) is 2. The molecular formula is C52H32N2. The predicted octanol–water partition coefficient (Wildman–Crippen LogP) is 13.9. The molecule has 0 fully saturated rings. The van der Waals surface area contributed by atoms with E-state index in [1.807, 2.05) is 0 Å². The van der Waals surface area contributed by atoms with Crippen LogP contribution in [0.4, 0.5) is 0 Å². The number of hydrogen-bond acceptors (Lipinski definition) is 0. The van der Waals surface area contributed by atoms with Crippen LogP contribution in [0.5, 0.6) is 0 Å². The SMILES string of the molecule is C1=CC2=C(CC1)c1cccc3c(-n4c5ccccc5c5cc(-c6cc7c8c(c6)c6ccccc6n8-c6ccccc6-c6ccccc6-7)ccc54)ccc2c13. The maximum absolute atomic E-state index is 2.50. The molecule has 0 atom stereocenters. The Morgan fingerprint density at radius 1 is 0.389 bits per heavy atom. The van der Waals surface area contributed by atoms with Crippen molar-refractivity contribution in [2.75, 3.05) is 0 Å². The first kappa shape index (κ1) is 28.7. The van der Waals surface area contributed by atoms with Gasteiger partial charge >= 0.3 is 0 Å². The molecule has 0 spiro atoms. The van der Waals surface area contributed by atoms with Crippen LogP contribution in [-0.4, -0.2) is 9.13 Å². The fraction of sp³-hybridized carbons (Fsp3) is 0.0385. The third-order valence-corrected chi connectivity index (χ3v) is 12.5. The molecule has 2 nitrogen and oxygen atoms in total. The smallest absolute Gasteiger partial charge is 0.0620 e. The molecule has 2 aromatic heterocycles. The summed E-state index contributed by atoms with van der Waals surface area (Å²) in [5, 5.41) is 7.82. The van der Waals surface area contributed by atoms with Gasteiger partial charge in [0.1, 0.15) is 0 Å². The second-order valence-corrected chi connectivity index (χ2v) is 15.1. The monoisotopic (exact) mass is 684 g/mol. The average Bonchev–Trinajstić information content (AvgIpc) is 3.84. The predicted molar refractivity (Wildman–Crippen MR) is 228 cm³/mol. The van der Waals surface area contributed by atoms with Crippen molar-refractivity contribution in [1.82, 2.24) is 9.13 Å². The van der Waals surface area contributed by atoms with E-state index in [1.54, 1.807) is 0 Å². The Morgan fingerprint density at radius 3 is 1.93 bits per heavy atom. The lowest BCUT2D eigenvalue weighted by atomic mass is 9.91. The van der Waals surface area contributed by atoms with Crippen LogP contribution in [0.1, 0.15) is 24.0 Å². The van der Waals surface area contributed by atoms with Gasteiger partial charge in [0.2, 0.25) is 0 Å².